The van der Waals surface area contributed by atoms with Gasteiger partial charge in [0.1, 0.15) is 0 Å². The number of likely N-dealkylation sites (N-methyl/N-ethyl adjacent to an activating group) is 1. The van der Waals surface area contributed by atoms with Crippen LogP contribution in [0, 0.1) is 0 Å². The van der Waals surface area contributed by atoms with Gasteiger partial charge in [0.2, 0.25) is 5.91 Å². The highest BCUT2D eigenvalue weighted by atomic mass is 32.1. The first-order valence-electron chi connectivity index (χ1n) is 9.96. The number of aryl methyl sites for hydroxylation is 1. The predicted octanol–water partition coefficient (Wildman–Crippen LogP) is 4.96. The van der Waals surface area contributed by atoms with Gasteiger partial charge in [-0.25, -0.2) is 4.98 Å². The van der Waals surface area contributed by atoms with Crippen molar-refractivity contribution in [2.24, 2.45) is 0 Å². The number of aromatic nitrogens is 2. The van der Waals surface area contributed by atoms with Gasteiger partial charge in [0.05, 0.1) is 12.1 Å². The molecule has 0 spiro atoms. The maximum Gasteiger partial charge on any atom is 0.228 e. The second-order valence-electron chi connectivity index (χ2n) is 7.53. The third kappa shape index (κ3) is 3.79. The zero-order valence-electron chi connectivity index (χ0n) is 16.1. The van der Waals surface area contributed by atoms with Crippen molar-refractivity contribution in [3.8, 4) is 11.3 Å². The Morgan fingerprint density at radius 2 is 1.96 bits per heavy atom. The van der Waals surface area contributed by atoms with Crippen LogP contribution in [0.1, 0.15) is 50.3 Å². The summed E-state index contributed by atoms with van der Waals surface area (Å²) in [6.45, 7) is 2.16. The van der Waals surface area contributed by atoms with Gasteiger partial charge >= 0.3 is 0 Å². The maximum atomic E-state index is 12.8. The number of thiazole rings is 1. The summed E-state index contributed by atoms with van der Waals surface area (Å²) in [5.74, 6) is 0.212. The molecule has 2 heterocycles. The fourth-order valence-electron chi connectivity index (χ4n) is 3.96. The van der Waals surface area contributed by atoms with Gasteiger partial charge in [-0.15, -0.1) is 11.3 Å². The highest BCUT2D eigenvalue weighted by Gasteiger charge is 2.23. The van der Waals surface area contributed by atoms with Gasteiger partial charge in [-0.05, 0) is 24.8 Å². The van der Waals surface area contributed by atoms with Gasteiger partial charge in [0, 0.05) is 35.9 Å². The van der Waals surface area contributed by atoms with Crippen LogP contribution < -0.4 is 0 Å². The number of amides is 1. The molecule has 1 aliphatic carbocycles. The summed E-state index contributed by atoms with van der Waals surface area (Å²) in [6.07, 6.45) is 9.63. The topological polar surface area (TPSA) is 37.6 Å². The van der Waals surface area contributed by atoms with E-state index < -0.39 is 0 Å². The number of benzene rings is 1. The zero-order chi connectivity index (χ0) is 18.8. The Bertz CT molecular complexity index is 919. The Balaban J connectivity index is 1.52. The van der Waals surface area contributed by atoms with Crippen LogP contribution in [-0.4, -0.2) is 33.3 Å². The molecule has 4 rings (SSSR count). The molecule has 1 aliphatic rings. The number of nitrogens with zero attached hydrogens (tertiary/aromatic N) is 3. The number of imidazole rings is 1. The lowest BCUT2D eigenvalue weighted by atomic mass is 9.94. The summed E-state index contributed by atoms with van der Waals surface area (Å²) < 4.78 is 2.08. The first kappa shape index (κ1) is 18.2. The molecule has 0 atom stereocenters. The molecule has 0 bridgehead atoms. The summed E-state index contributed by atoms with van der Waals surface area (Å²) in [5.41, 5.74) is 4.46. The predicted molar refractivity (Wildman–Crippen MR) is 111 cm³/mol. The maximum absolute atomic E-state index is 12.8. The summed E-state index contributed by atoms with van der Waals surface area (Å²) in [5, 5.41) is 2.07. The molecule has 0 N–H and O–H groups in total. The van der Waals surface area contributed by atoms with E-state index in [2.05, 4.69) is 47.2 Å². The van der Waals surface area contributed by atoms with Crippen LogP contribution in [0.4, 0.5) is 0 Å². The summed E-state index contributed by atoms with van der Waals surface area (Å²) in [6, 6.07) is 8.99. The van der Waals surface area contributed by atoms with Crippen molar-refractivity contribution in [2.75, 3.05) is 7.05 Å². The van der Waals surface area contributed by atoms with Gasteiger partial charge in [-0.3, -0.25) is 9.20 Å². The molecule has 27 heavy (non-hydrogen) atoms. The molecular formula is C22H27N3OS. The summed E-state index contributed by atoms with van der Waals surface area (Å²) >= 11 is 1.61. The standard InChI is InChI=1S/C22H27N3OS/c1-3-16-9-11-17(12-10-16)20-14-25-19(15-27-22(25)23-20)13-21(26)24(2)18-7-5-4-6-8-18/h9-12,14-15,18H,3-8,13H2,1-2H3. The lowest BCUT2D eigenvalue weighted by molar-refractivity contribution is -0.131. The number of carbonyl (C=O) groups excluding carboxylic acids is 1. The van der Waals surface area contributed by atoms with Crippen LogP contribution >= 0.6 is 11.3 Å². The van der Waals surface area contributed by atoms with E-state index in [-0.39, 0.29) is 5.91 Å². The SMILES string of the molecule is CCc1ccc(-c2cn3c(CC(=O)N(C)C4CCCCC4)csc3n2)cc1. The van der Waals surface area contributed by atoms with E-state index in [1.54, 1.807) is 11.3 Å². The van der Waals surface area contributed by atoms with Gasteiger partial charge in [-0.2, -0.15) is 0 Å². The van der Waals surface area contributed by atoms with Crippen molar-refractivity contribution in [2.45, 2.75) is 57.9 Å². The molecule has 1 saturated carbocycles. The Morgan fingerprint density at radius 3 is 2.67 bits per heavy atom. The fraction of sp³-hybridized carbons (Fsp3) is 0.455. The highest BCUT2D eigenvalue weighted by molar-refractivity contribution is 7.15. The number of hydrogen-bond acceptors (Lipinski definition) is 3. The molecule has 0 unspecified atom stereocenters. The van der Waals surface area contributed by atoms with Crippen molar-refractivity contribution in [1.29, 1.82) is 0 Å². The van der Waals surface area contributed by atoms with E-state index in [1.807, 2.05) is 11.9 Å². The van der Waals surface area contributed by atoms with E-state index in [0.29, 0.717) is 12.5 Å². The monoisotopic (exact) mass is 381 g/mol. The number of carbonyl (C=O) groups is 1. The van der Waals surface area contributed by atoms with Crippen LogP contribution in [0.15, 0.2) is 35.8 Å². The third-order valence-electron chi connectivity index (χ3n) is 5.79. The average Bonchev–Trinajstić information content (AvgIpc) is 3.30. The summed E-state index contributed by atoms with van der Waals surface area (Å²) in [7, 11) is 1.97. The lowest BCUT2D eigenvalue weighted by Crippen LogP contribution is -2.39. The van der Waals surface area contributed by atoms with Crippen molar-refractivity contribution in [3.05, 3.63) is 47.1 Å². The van der Waals surface area contributed by atoms with Crippen molar-refractivity contribution in [1.82, 2.24) is 14.3 Å². The first-order valence-corrected chi connectivity index (χ1v) is 10.8. The van der Waals surface area contributed by atoms with Crippen LogP contribution in [-0.2, 0) is 17.6 Å². The third-order valence-corrected chi connectivity index (χ3v) is 6.68. The largest absolute Gasteiger partial charge is 0.342 e. The number of rotatable bonds is 5. The molecule has 3 aromatic rings. The molecule has 1 amide bonds. The van der Waals surface area contributed by atoms with Crippen LogP contribution in [0.5, 0.6) is 0 Å². The second kappa shape index (κ2) is 7.85. The quantitative estimate of drug-likeness (QED) is 0.626. The molecule has 2 aromatic heterocycles. The van der Waals surface area contributed by atoms with Crippen LogP contribution in [0.25, 0.3) is 16.2 Å². The molecule has 0 radical (unpaired) electrons. The smallest absolute Gasteiger partial charge is 0.228 e. The van der Waals surface area contributed by atoms with Gasteiger partial charge < -0.3 is 4.90 Å². The van der Waals surface area contributed by atoms with Gasteiger partial charge in [-0.1, -0.05) is 50.5 Å². The molecular weight excluding hydrogens is 354 g/mol. The Kier molecular flexibility index (Phi) is 5.30. The first-order chi connectivity index (χ1) is 13.2. The molecule has 1 aromatic carbocycles. The highest BCUT2D eigenvalue weighted by Crippen LogP contribution is 2.26. The van der Waals surface area contributed by atoms with E-state index in [9.17, 15) is 4.79 Å². The normalized spacial score (nSPS) is 15.3. The second-order valence-corrected chi connectivity index (χ2v) is 8.37. The summed E-state index contributed by atoms with van der Waals surface area (Å²) in [4.78, 5) is 20.5. The van der Waals surface area contributed by atoms with Gasteiger partial charge in [0.25, 0.3) is 0 Å². The molecule has 4 nitrogen and oxygen atoms in total. The lowest BCUT2D eigenvalue weighted by Gasteiger charge is -2.31. The Labute approximate surface area is 164 Å². The minimum Gasteiger partial charge on any atom is -0.342 e. The minimum absolute atomic E-state index is 0.212. The van der Waals surface area contributed by atoms with E-state index in [0.717, 1.165) is 41.2 Å². The van der Waals surface area contributed by atoms with Gasteiger partial charge in [0.15, 0.2) is 4.96 Å². The number of hydrogen-bond donors (Lipinski definition) is 0. The minimum atomic E-state index is 0.212. The molecule has 142 valence electrons. The van der Waals surface area contributed by atoms with Crippen LogP contribution in [0.2, 0.25) is 0 Å². The fourth-order valence-corrected chi connectivity index (χ4v) is 4.83. The van der Waals surface area contributed by atoms with Crippen molar-refractivity contribution in [3.63, 3.8) is 0 Å². The molecule has 0 aliphatic heterocycles. The molecule has 5 heteroatoms. The van der Waals surface area contributed by atoms with Crippen molar-refractivity contribution >= 4 is 22.2 Å². The van der Waals surface area contributed by atoms with Crippen molar-refractivity contribution < 1.29 is 4.79 Å². The average molecular weight is 382 g/mol. The molecule has 0 saturated heterocycles. The molecule has 1 fully saturated rings. The van der Waals surface area contributed by atoms with E-state index >= 15 is 0 Å². The van der Waals surface area contributed by atoms with E-state index in [1.165, 1.54) is 24.8 Å². The number of fused-ring (bicyclic) bond motifs is 1. The Hall–Kier alpha value is -2.14. The van der Waals surface area contributed by atoms with E-state index in [4.69, 9.17) is 4.98 Å². The van der Waals surface area contributed by atoms with Crippen LogP contribution in [0.3, 0.4) is 0 Å². The Morgan fingerprint density at radius 1 is 1.22 bits per heavy atom. The zero-order valence-corrected chi connectivity index (χ0v) is 17.0.